The Balaban J connectivity index is 1.13. The van der Waals surface area contributed by atoms with Gasteiger partial charge >= 0.3 is 0 Å². The van der Waals surface area contributed by atoms with Crippen LogP contribution >= 0.6 is 0 Å². The average molecular weight is 651 g/mol. The summed E-state index contributed by atoms with van der Waals surface area (Å²) in [7, 11) is 0. The molecule has 3 nitrogen and oxygen atoms in total. The van der Waals surface area contributed by atoms with E-state index in [4.69, 9.17) is 4.42 Å². The smallest absolute Gasteiger partial charge is 0.137 e. The van der Waals surface area contributed by atoms with Crippen molar-refractivity contribution in [1.82, 2.24) is 9.13 Å². The standard InChI is InChI=1S/C48H30N2O/c1-3-13-31(14-4-1)35-19-12-24-45-47(35)40-27-26-34(30-46(40)51-45)49-42-22-9-8-18-38(42)41-29-32(25-28-44(41)49)36-20-11-21-39-37-17-7-10-23-43(37)50(48(36)39)33-15-5-2-6-16-33/h1-30H. The summed E-state index contributed by atoms with van der Waals surface area (Å²) >= 11 is 0. The molecule has 0 aliphatic heterocycles. The molecule has 0 saturated heterocycles. The van der Waals surface area contributed by atoms with Gasteiger partial charge in [0.2, 0.25) is 0 Å². The van der Waals surface area contributed by atoms with Gasteiger partial charge in [-0.15, -0.1) is 0 Å². The zero-order valence-electron chi connectivity index (χ0n) is 27.6. The van der Waals surface area contributed by atoms with Gasteiger partial charge in [-0.25, -0.2) is 0 Å². The van der Waals surface area contributed by atoms with Crippen molar-refractivity contribution in [3.8, 4) is 33.6 Å². The number of aromatic nitrogens is 2. The largest absolute Gasteiger partial charge is 0.456 e. The van der Waals surface area contributed by atoms with Crippen LogP contribution in [0.15, 0.2) is 186 Å². The van der Waals surface area contributed by atoms with Crippen LogP contribution in [0.5, 0.6) is 0 Å². The second-order valence-corrected chi connectivity index (χ2v) is 13.3. The van der Waals surface area contributed by atoms with Gasteiger partial charge in [-0.3, -0.25) is 0 Å². The lowest BCUT2D eigenvalue weighted by atomic mass is 9.99. The van der Waals surface area contributed by atoms with Crippen LogP contribution in [-0.2, 0) is 0 Å². The third kappa shape index (κ3) is 4.12. The van der Waals surface area contributed by atoms with Crippen LogP contribution in [0.25, 0.3) is 99.2 Å². The maximum Gasteiger partial charge on any atom is 0.137 e. The summed E-state index contributed by atoms with van der Waals surface area (Å²) in [5, 5.41) is 7.23. The molecule has 3 heterocycles. The van der Waals surface area contributed by atoms with Crippen molar-refractivity contribution >= 4 is 65.6 Å². The molecule has 0 atom stereocenters. The Hall–Kier alpha value is -6.84. The van der Waals surface area contributed by atoms with Crippen molar-refractivity contribution in [3.63, 3.8) is 0 Å². The molecule has 8 aromatic carbocycles. The number of rotatable bonds is 4. The molecule has 51 heavy (non-hydrogen) atoms. The summed E-state index contributed by atoms with van der Waals surface area (Å²) in [5.41, 5.74) is 13.6. The van der Waals surface area contributed by atoms with Crippen molar-refractivity contribution in [2.24, 2.45) is 0 Å². The molecular weight excluding hydrogens is 621 g/mol. The summed E-state index contributed by atoms with van der Waals surface area (Å²) in [6.07, 6.45) is 0. The molecule has 0 aliphatic carbocycles. The van der Waals surface area contributed by atoms with E-state index in [1.165, 1.54) is 60.3 Å². The maximum atomic E-state index is 6.55. The zero-order chi connectivity index (χ0) is 33.5. The van der Waals surface area contributed by atoms with Crippen molar-refractivity contribution in [2.45, 2.75) is 0 Å². The minimum atomic E-state index is 0.883. The van der Waals surface area contributed by atoms with Crippen molar-refractivity contribution in [2.75, 3.05) is 0 Å². The number of furan rings is 1. The summed E-state index contributed by atoms with van der Waals surface area (Å²) in [6.45, 7) is 0. The number of para-hydroxylation sites is 4. The molecule has 3 heteroatoms. The minimum Gasteiger partial charge on any atom is -0.456 e. The Morgan fingerprint density at radius 3 is 1.80 bits per heavy atom. The number of fused-ring (bicyclic) bond motifs is 9. The van der Waals surface area contributed by atoms with Crippen molar-refractivity contribution < 1.29 is 4.42 Å². The monoisotopic (exact) mass is 650 g/mol. The van der Waals surface area contributed by atoms with Gasteiger partial charge in [0.15, 0.2) is 0 Å². The Morgan fingerprint density at radius 1 is 0.333 bits per heavy atom. The van der Waals surface area contributed by atoms with Crippen LogP contribution in [0.2, 0.25) is 0 Å². The zero-order valence-corrected chi connectivity index (χ0v) is 27.6. The van der Waals surface area contributed by atoms with Gasteiger partial charge in [0.05, 0.1) is 22.1 Å². The predicted octanol–water partition coefficient (Wildman–Crippen LogP) is 13.1. The molecule has 0 unspecified atom stereocenters. The van der Waals surface area contributed by atoms with Crippen LogP contribution in [0, 0.1) is 0 Å². The second kappa shape index (κ2) is 10.8. The van der Waals surface area contributed by atoms with Crippen molar-refractivity contribution in [3.05, 3.63) is 182 Å². The molecule has 0 fully saturated rings. The summed E-state index contributed by atoms with van der Waals surface area (Å²) < 4.78 is 11.3. The van der Waals surface area contributed by atoms with Crippen LogP contribution in [-0.4, -0.2) is 9.13 Å². The number of hydrogen-bond acceptors (Lipinski definition) is 1. The molecule has 11 rings (SSSR count). The van der Waals surface area contributed by atoms with E-state index in [0.29, 0.717) is 0 Å². The van der Waals surface area contributed by atoms with E-state index in [2.05, 4.69) is 191 Å². The first-order chi connectivity index (χ1) is 25.3. The van der Waals surface area contributed by atoms with Gasteiger partial charge in [0.1, 0.15) is 11.2 Å². The fraction of sp³-hybridized carbons (Fsp3) is 0. The molecule has 0 amide bonds. The van der Waals surface area contributed by atoms with Gasteiger partial charge in [-0.1, -0.05) is 121 Å². The first-order valence-electron chi connectivity index (χ1n) is 17.4. The molecule has 0 bridgehead atoms. The van der Waals surface area contributed by atoms with Gasteiger partial charge in [0.25, 0.3) is 0 Å². The maximum absolute atomic E-state index is 6.55. The van der Waals surface area contributed by atoms with Gasteiger partial charge in [0, 0.05) is 55.3 Å². The SMILES string of the molecule is c1ccc(-c2cccc3oc4cc(-n5c6ccccc6c6cc(-c7cccc8c9ccccc9n(-c9ccccc9)c78)ccc65)ccc4c23)cc1. The van der Waals surface area contributed by atoms with E-state index >= 15 is 0 Å². The lowest BCUT2D eigenvalue weighted by Crippen LogP contribution is -1.95. The summed E-state index contributed by atoms with van der Waals surface area (Å²) in [6, 6.07) is 65.4. The first kappa shape index (κ1) is 28.0. The van der Waals surface area contributed by atoms with Gasteiger partial charge < -0.3 is 13.6 Å². The highest BCUT2D eigenvalue weighted by Gasteiger charge is 2.19. The number of benzene rings is 8. The quantitative estimate of drug-likeness (QED) is 0.186. The van der Waals surface area contributed by atoms with Crippen molar-refractivity contribution in [1.29, 1.82) is 0 Å². The van der Waals surface area contributed by atoms with E-state index in [1.54, 1.807) is 0 Å². The molecule has 0 radical (unpaired) electrons. The van der Waals surface area contributed by atoms with E-state index in [9.17, 15) is 0 Å². The average Bonchev–Trinajstić information content (AvgIpc) is 3.86. The lowest BCUT2D eigenvalue weighted by molar-refractivity contribution is 0.668. The highest BCUT2D eigenvalue weighted by molar-refractivity contribution is 6.16. The van der Waals surface area contributed by atoms with Gasteiger partial charge in [-0.05, 0) is 71.3 Å². The molecule has 0 N–H and O–H groups in total. The van der Waals surface area contributed by atoms with Crippen LogP contribution in [0.1, 0.15) is 0 Å². The third-order valence-electron chi connectivity index (χ3n) is 10.5. The Kier molecular flexibility index (Phi) is 5.96. The third-order valence-corrected chi connectivity index (χ3v) is 10.5. The molecule has 0 saturated carbocycles. The molecule has 3 aromatic heterocycles. The van der Waals surface area contributed by atoms with E-state index < -0.39 is 0 Å². The molecule has 0 aliphatic rings. The van der Waals surface area contributed by atoms with E-state index in [-0.39, 0.29) is 0 Å². The van der Waals surface area contributed by atoms with Crippen LogP contribution < -0.4 is 0 Å². The van der Waals surface area contributed by atoms with Gasteiger partial charge in [-0.2, -0.15) is 0 Å². The van der Waals surface area contributed by atoms with Crippen LogP contribution in [0.3, 0.4) is 0 Å². The Labute approximate surface area is 293 Å². The minimum absolute atomic E-state index is 0.883. The van der Waals surface area contributed by atoms with E-state index in [1.807, 2.05) is 0 Å². The highest BCUT2D eigenvalue weighted by atomic mass is 16.3. The summed E-state index contributed by atoms with van der Waals surface area (Å²) in [5.74, 6) is 0. The lowest BCUT2D eigenvalue weighted by Gasteiger charge is -2.12. The Morgan fingerprint density at radius 2 is 0.980 bits per heavy atom. The normalized spacial score (nSPS) is 11.9. The predicted molar refractivity (Wildman–Crippen MR) is 213 cm³/mol. The summed E-state index contributed by atoms with van der Waals surface area (Å²) in [4.78, 5) is 0. The fourth-order valence-electron chi connectivity index (χ4n) is 8.33. The first-order valence-corrected chi connectivity index (χ1v) is 17.4. The fourth-order valence-corrected chi connectivity index (χ4v) is 8.33. The molecular formula is C48H30N2O. The molecule has 238 valence electrons. The number of nitrogens with zero attached hydrogens (tertiary/aromatic N) is 2. The topological polar surface area (TPSA) is 23.0 Å². The van der Waals surface area contributed by atoms with Crippen LogP contribution in [0.4, 0.5) is 0 Å². The second-order valence-electron chi connectivity index (χ2n) is 13.3. The Bertz CT molecular complexity index is 3130. The molecule has 11 aromatic rings. The number of hydrogen-bond donors (Lipinski definition) is 0. The highest BCUT2D eigenvalue weighted by Crippen LogP contribution is 2.42. The molecule has 0 spiro atoms. The van der Waals surface area contributed by atoms with E-state index in [0.717, 1.165) is 38.8 Å².